The predicted molar refractivity (Wildman–Crippen MR) is 68.3 cm³/mol. The molecule has 2 rings (SSSR count). The van der Waals surface area contributed by atoms with Gasteiger partial charge >= 0.3 is 0 Å². The van der Waals surface area contributed by atoms with Crippen LogP contribution in [0.2, 0.25) is 0 Å². The van der Waals surface area contributed by atoms with Crippen LogP contribution in [-0.2, 0) is 0 Å². The van der Waals surface area contributed by atoms with Crippen LogP contribution in [0.5, 0.6) is 23.0 Å². The molecule has 0 fully saturated rings. The van der Waals surface area contributed by atoms with Crippen molar-refractivity contribution in [3.8, 4) is 34.1 Å². The molecule has 2 N–H and O–H groups in total. The first-order chi connectivity index (χ1) is 8.69. The molecule has 0 spiro atoms. The van der Waals surface area contributed by atoms with Gasteiger partial charge in [-0.05, 0) is 11.6 Å². The highest BCUT2D eigenvalue weighted by molar-refractivity contribution is 5.78. The Labute approximate surface area is 105 Å². The summed E-state index contributed by atoms with van der Waals surface area (Å²) in [5.74, 6) is -0.0594. The van der Waals surface area contributed by atoms with E-state index < -0.39 is 0 Å². The molecule has 18 heavy (non-hydrogen) atoms. The maximum absolute atomic E-state index is 9.73. The van der Waals surface area contributed by atoms with Gasteiger partial charge in [-0.1, -0.05) is 30.3 Å². The van der Waals surface area contributed by atoms with Crippen LogP contribution < -0.4 is 9.47 Å². The van der Waals surface area contributed by atoms with Gasteiger partial charge in [-0.2, -0.15) is 0 Å². The molecule has 4 nitrogen and oxygen atoms in total. The van der Waals surface area contributed by atoms with Gasteiger partial charge in [-0.3, -0.25) is 0 Å². The normalized spacial score (nSPS) is 10.1. The van der Waals surface area contributed by atoms with Gasteiger partial charge in [0.15, 0.2) is 11.5 Å². The van der Waals surface area contributed by atoms with Crippen molar-refractivity contribution in [3.63, 3.8) is 0 Å². The highest BCUT2D eigenvalue weighted by Crippen LogP contribution is 2.48. The summed E-state index contributed by atoms with van der Waals surface area (Å²) in [6.07, 6.45) is 0. The molecule has 0 bridgehead atoms. The van der Waals surface area contributed by atoms with E-state index in [2.05, 4.69) is 0 Å². The summed E-state index contributed by atoms with van der Waals surface area (Å²) in [7, 11) is 2.90. The molecule has 0 amide bonds. The summed E-state index contributed by atoms with van der Waals surface area (Å²) in [5, 5.41) is 19.4. The second-order valence-electron chi connectivity index (χ2n) is 3.72. The van der Waals surface area contributed by atoms with Crippen LogP contribution in [0.15, 0.2) is 36.4 Å². The number of phenols is 2. The topological polar surface area (TPSA) is 58.9 Å². The van der Waals surface area contributed by atoms with Crippen LogP contribution in [0.3, 0.4) is 0 Å². The third-order valence-corrected chi connectivity index (χ3v) is 2.68. The summed E-state index contributed by atoms with van der Waals surface area (Å²) < 4.78 is 10.3. The van der Waals surface area contributed by atoms with Crippen LogP contribution in [-0.4, -0.2) is 24.4 Å². The minimum Gasteiger partial charge on any atom is -0.504 e. The van der Waals surface area contributed by atoms with Gasteiger partial charge in [0.2, 0.25) is 11.5 Å². The molecule has 0 aliphatic carbocycles. The van der Waals surface area contributed by atoms with Crippen molar-refractivity contribution in [2.75, 3.05) is 14.2 Å². The number of hydrogen-bond acceptors (Lipinski definition) is 4. The largest absolute Gasteiger partial charge is 0.504 e. The zero-order valence-corrected chi connectivity index (χ0v) is 10.2. The van der Waals surface area contributed by atoms with Crippen molar-refractivity contribution in [2.45, 2.75) is 0 Å². The summed E-state index contributed by atoms with van der Waals surface area (Å²) in [6, 6.07) is 10.9. The molecule has 2 aromatic rings. The standard InChI is InChI=1S/C14H14O4/c1-17-13-10(9-6-4-3-5-7-9)8-11(15)12(16)14(13)18-2/h3-8,15-16H,1-2H3. The zero-order chi connectivity index (χ0) is 13.1. The highest BCUT2D eigenvalue weighted by atomic mass is 16.5. The van der Waals surface area contributed by atoms with Gasteiger partial charge in [-0.15, -0.1) is 0 Å². The molecular weight excluding hydrogens is 232 g/mol. The van der Waals surface area contributed by atoms with Crippen LogP contribution in [0.1, 0.15) is 0 Å². The monoisotopic (exact) mass is 246 g/mol. The van der Waals surface area contributed by atoms with Crippen molar-refractivity contribution in [3.05, 3.63) is 36.4 Å². The number of rotatable bonds is 3. The molecular formula is C14H14O4. The Bertz CT molecular complexity index is 549. The lowest BCUT2D eigenvalue weighted by Gasteiger charge is -2.15. The van der Waals surface area contributed by atoms with Gasteiger partial charge in [-0.25, -0.2) is 0 Å². The molecule has 2 aromatic carbocycles. The average molecular weight is 246 g/mol. The van der Waals surface area contributed by atoms with E-state index in [0.717, 1.165) is 5.56 Å². The fourth-order valence-corrected chi connectivity index (χ4v) is 1.84. The summed E-state index contributed by atoms with van der Waals surface area (Å²) >= 11 is 0. The molecule has 0 saturated heterocycles. The molecule has 0 unspecified atom stereocenters. The van der Waals surface area contributed by atoms with E-state index in [0.29, 0.717) is 11.3 Å². The molecule has 0 aliphatic rings. The van der Waals surface area contributed by atoms with E-state index in [1.807, 2.05) is 30.3 Å². The molecule has 4 heteroatoms. The lowest BCUT2D eigenvalue weighted by molar-refractivity contribution is 0.322. The van der Waals surface area contributed by atoms with Gasteiger partial charge < -0.3 is 19.7 Å². The fraction of sp³-hybridized carbons (Fsp3) is 0.143. The lowest BCUT2D eigenvalue weighted by atomic mass is 10.0. The molecule has 0 saturated carbocycles. The highest BCUT2D eigenvalue weighted by Gasteiger charge is 2.19. The predicted octanol–water partition coefficient (Wildman–Crippen LogP) is 2.78. The Morgan fingerprint density at radius 3 is 2.06 bits per heavy atom. The molecule has 0 aromatic heterocycles. The van der Waals surface area contributed by atoms with Gasteiger partial charge in [0.25, 0.3) is 0 Å². The third-order valence-electron chi connectivity index (χ3n) is 2.68. The Morgan fingerprint density at radius 2 is 1.50 bits per heavy atom. The molecule has 0 aliphatic heterocycles. The fourth-order valence-electron chi connectivity index (χ4n) is 1.84. The van der Waals surface area contributed by atoms with E-state index in [1.165, 1.54) is 20.3 Å². The van der Waals surface area contributed by atoms with E-state index in [1.54, 1.807) is 0 Å². The first-order valence-electron chi connectivity index (χ1n) is 5.41. The number of ether oxygens (including phenoxy) is 2. The van der Waals surface area contributed by atoms with E-state index >= 15 is 0 Å². The number of methoxy groups -OCH3 is 2. The van der Waals surface area contributed by atoms with Crippen LogP contribution in [0.4, 0.5) is 0 Å². The maximum atomic E-state index is 9.73. The molecule has 0 heterocycles. The average Bonchev–Trinajstić information content (AvgIpc) is 2.42. The minimum atomic E-state index is -0.325. The quantitative estimate of drug-likeness (QED) is 0.817. The van der Waals surface area contributed by atoms with Gasteiger partial charge in [0.1, 0.15) is 0 Å². The molecule has 0 atom stereocenters. The van der Waals surface area contributed by atoms with Crippen molar-refractivity contribution < 1.29 is 19.7 Å². The Kier molecular flexibility index (Phi) is 3.28. The molecule has 94 valence electrons. The second-order valence-corrected chi connectivity index (χ2v) is 3.72. The SMILES string of the molecule is COc1c(-c2ccccc2)cc(O)c(O)c1OC. The smallest absolute Gasteiger partial charge is 0.207 e. The van der Waals surface area contributed by atoms with E-state index in [-0.39, 0.29) is 17.2 Å². The van der Waals surface area contributed by atoms with Crippen molar-refractivity contribution in [2.24, 2.45) is 0 Å². The number of phenolic OH excluding ortho intramolecular Hbond substituents is 2. The first-order valence-corrected chi connectivity index (χ1v) is 5.41. The maximum Gasteiger partial charge on any atom is 0.207 e. The van der Waals surface area contributed by atoms with Crippen molar-refractivity contribution in [1.82, 2.24) is 0 Å². The zero-order valence-electron chi connectivity index (χ0n) is 10.2. The number of hydrogen-bond donors (Lipinski definition) is 2. The van der Waals surface area contributed by atoms with Crippen LogP contribution in [0, 0.1) is 0 Å². The van der Waals surface area contributed by atoms with Gasteiger partial charge in [0.05, 0.1) is 14.2 Å². The Morgan fingerprint density at radius 1 is 0.889 bits per heavy atom. The van der Waals surface area contributed by atoms with Crippen LogP contribution in [0.25, 0.3) is 11.1 Å². The first kappa shape index (κ1) is 12.1. The summed E-state index contributed by atoms with van der Waals surface area (Å²) in [4.78, 5) is 0. The van der Waals surface area contributed by atoms with E-state index in [9.17, 15) is 10.2 Å². The minimum absolute atomic E-state index is 0.122. The van der Waals surface area contributed by atoms with Gasteiger partial charge in [0, 0.05) is 5.56 Å². The second kappa shape index (κ2) is 4.87. The van der Waals surface area contributed by atoms with E-state index in [4.69, 9.17) is 9.47 Å². The summed E-state index contributed by atoms with van der Waals surface area (Å²) in [6.45, 7) is 0. The molecule has 0 radical (unpaired) electrons. The van der Waals surface area contributed by atoms with Crippen molar-refractivity contribution in [1.29, 1.82) is 0 Å². The lowest BCUT2D eigenvalue weighted by Crippen LogP contribution is -1.94. The van der Waals surface area contributed by atoms with Crippen LogP contribution >= 0.6 is 0 Å². The number of benzene rings is 2. The Balaban J connectivity index is 2.71. The summed E-state index contributed by atoms with van der Waals surface area (Å²) in [5.41, 5.74) is 1.52. The third kappa shape index (κ3) is 1.93. The number of aromatic hydroxyl groups is 2. The van der Waals surface area contributed by atoms with Crippen molar-refractivity contribution >= 4 is 0 Å². The Hall–Kier alpha value is -2.36.